The molecule has 0 atom stereocenters. The summed E-state index contributed by atoms with van der Waals surface area (Å²) in [6.45, 7) is 19.2. The van der Waals surface area contributed by atoms with E-state index in [1.165, 1.54) is 75.3 Å². The van der Waals surface area contributed by atoms with Crippen LogP contribution in [0.1, 0.15) is 155 Å². The van der Waals surface area contributed by atoms with Crippen LogP contribution in [-0.2, 0) is 10.8 Å². The molecule has 0 saturated carbocycles. The van der Waals surface area contributed by atoms with Gasteiger partial charge >= 0.3 is 0 Å². The van der Waals surface area contributed by atoms with Gasteiger partial charge in [-0.3, -0.25) is 0 Å². The van der Waals surface area contributed by atoms with Crippen LogP contribution in [0, 0.1) is 11.3 Å². The molecule has 0 radical (unpaired) electrons. The average Bonchev–Trinajstić information content (AvgIpc) is 3.94. The normalized spacial score (nSPS) is 12.9. The minimum Gasteiger partial charge on any atom is -0.494 e. The highest BCUT2D eigenvalue weighted by Gasteiger charge is 2.23. The first-order valence-corrected chi connectivity index (χ1v) is 26.2. The molecule has 0 aliphatic rings. The Bertz CT molecular complexity index is 3210. The van der Waals surface area contributed by atoms with Crippen molar-refractivity contribution in [2.75, 3.05) is 13.2 Å². The summed E-state index contributed by atoms with van der Waals surface area (Å²) >= 11 is 0. The van der Waals surface area contributed by atoms with Crippen LogP contribution < -0.4 is 25.9 Å². The largest absolute Gasteiger partial charge is 0.494 e. The number of nitrogens with zero attached hydrogens (tertiary/aromatic N) is 3. The molecule has 8 heteroatoms. The molecule has 4 heterocycles. The van der Waals surface area contributed by atoms with Crippen molar-refractivity contribution in [3.8, 4) is 40.1 Å². The Morgan fingerprint density at radius 1 is 0.521 bits per heavy atom. The molecule has 0 spiro atoms. The van der Waals surface area contributed by atoms with Crippen LogP contribution >= 0.6 is 0 Å². The highest BCUT2D eigenvalue weighted by atomic mass is 16.5. The van der Waals surface area contributed by atoms with Gasteiger partial charge in [0.05, 0.1) is 63.4 Å². The van der Waals surface area contributed by atoms with Crippen LogP contribution in [0.4, 0.5) is 0 Å². The molecular formula is C63H74N6O2. The van der Waals surface area contributed by atoms with Crippen LogP contribution in [0.15, 0.2) is 109 Å². The van der Waals surface area contributed by atoms with Gasteiger partial charge in [-0.25, -0.2) is 9.97 Å². The summed E-state index contributed by atoms with van der Waals surface area (Å²) in [5.41, 5.74) is 17.1. The van der Waals surface area contributed by atoms with Crippen molar-refractivity contribution in [2.24, 2.45) is 5.73 Å². The smallest absolute Gasteiger partial charge is 0.119 e. The van der Waals surface area contributed by atoms with Crippen molar-refractivity contribution in [1.82, 2.24) is 19.9 Å². The number of hydrogen-bond donors (Lipinski definition) is 3. The van der Waals surface area contributed by atoms with Crippen molar-refractivity contribution < 1.29 is 9.47 Å². The molecule has 4 aromatic carbocycles. The quantitative estimate of drug-likeness (QED) is 0.0654. The van der Waals surface area contributed by atoms with E-state index in [0.29, 0.717) is 46.6 Å². The summed E-state index contributed by atoms with van der Waals surface area (Å²) in [5.74, 6) is 1.64. The second-order valence-corrected chi connectivity index (χ2v) is 21.4. The second-order valence-electron chi connectivity index (χ2n) is 21.4. The number of nitrogens with one attached hydrogen (secondary N) is 2. The Labute approximate surface area is 421 Å². The number of hydrogen-bond acceptors (Lipinski definition) is 6. The number of unbranched alkanes of at least 4 members (excludes halogenated alkanes) is 10. The Morgan fingerprint density at radius 3 is 1.41 bits per heavy atom. The van der Waals surface area contributed by atoms with Gasteiger partial charge in [-0.15, -0.1) is 0 Å². The third-order valence-electron chi connectivity index (χ3n) is 13.8. The van der Waals surface area contributed by atoms with Crippen LogP contribution in [0.5, 0.6) is 11.5 Å². The SMILES string of the molecule is CCCCCCCCOc1ccc(-c2[nH]c(=C(C#N)c3ccc4cc(C(C)(C)C)ccc4n3)c3c(-c4ccc(OCCCCCCCC)cc4)[nH]c(=C(N)c4ccc5cc(C(C)(C)C)ccc5n4)c23)cc1. The maximum Gasteiger partial charge on any atom is 0.119 e. The van der Waals surface area contributed by atoms with Crippen LogP contribution in [0.25, 0.3) is 66.4 Å². The molecule has 0 aliphatic heterocycles. The topological polar surface area (TPSA) is 126 Å². The molecule has 71 heavy (non-hydrogen) atoms. The van der Waals surface area contributed by atoms with Gasteiger partial charge in [0.15, 0.2) is 0 Å². The van der Waals surface area contributed by atoms with E-state index in [-0.39, 0.29) is 10.8 Å². The summed E-state index contributed by atoms with van der Waals surface area (Å²) in [4.78, 5) is 17.9. The van der Waals surface area contributed by atoms with E-state index in [1.54, 1.807) is 0 Å². The minimum absolute atomic E-state index is 0.000537. The van der Waals surface area contributed by atoms with Gasteiger partial charge in [0.2, 0.25) is 0 Å². The lowest BCUT2D eigenvalue weighted by molar-refractivity contribution is 0.304. The highest BCUT2D eigenvalue weighted by molar-refractivity contribution is 6.07. The summed E-state index contributed by atoms with van der Waals surface area (Å²) < 4.78 is 12.5. The summed E-state index contributed by atoms with van der Waals surface area (Å²) in [7, 11) is 0. The van der Waals surface area contributed by atoms with Crippen LogP contribution in [-0.4, -0.2) is 33.1 Å². The number of rotatable bonds is 20. The molecule has 0 amide bonds. The molecule has 368 valence electrons. The standard InChI is InChI=1S/C63H74N6O2/c1-9-11-13-15-17-19-37-70-48-29-21-42(22-30-48)58-55-56(61(69-58)57(65)54-34-26-45-40-47(63(6,7)8)28-36-52(45)67-54)59(43-23-31-49(32-24-43)71-38-20-18-16-14-12-10-2)68-60(55)50(41-64)53-33-25-44-39-46(62(3,4)5)27-35-51(44)66-53/h21-36,39-40,68-69H,9-20,37-38,65H2,1-8H3. The van der Waals surface area contributed by atoms with Crippen molar-refractivity contribution >= 4 is 43.8 Å². The van der Waals surface area contributed by atoms with E-state index in [2.05, 4.69) is 144 Å². The van der Waals surface area contributed by atoms with E-state index in [0.717, 1.165) is 79.4 Å². The van der Waals surface area contributed by atoms with Gasteiger partial charge in [0.25, 0.3) is 0 Å². The zero-order chi connectivity index (χ0) is 50.1. The van der Waals surface area contributed by atoms with Gasteiger partial charge in [0, 0.05) is 21.5 Å². The molecule has 0 aliphatic carbocycles. The lowest BCUT2D eigenvalue weighted by atomic mass is 9.86. The number of benzene rings is 4. The number of nitriles is 1. The van der Waals surface area contributed by atoms with E-state index < -0.39 is 0 Å². The Balaban J connectivity index is 1.31. The monoisotopic (exact) mass is 947 g/mol. The first-order chi connectivity index (χ1) is 34.3. The number of pyridine rings is 2. The average molecular weight is 947 g/mol. The fourth-order valence-corrected chi connectivity index (χ4v) is 9.50. The van der Waals surface area contributed by atoms with Crippen molar-refractivity contribution in [3.05, 3.63) is 142 Å². The van der Waals surface area contributed by atoms with Crippen molar-refractivity contribution in [3.63, 3.8) is 0 Å². The number of ether oxygens (including phenoxy) is 2. The Kier molecular flexibility index (Phi) is 16.0. The fourth-order valence-electron chi connectivity index (χ4n) is 9.50. The highest BCUT2D eigenvalue weighted by Crippen LogP contribution is 2.34. The second kappa shape index (κ2) is 22.5. The van der Waals surface area contributed by atoms with Crippen molar-refractivity contribution in [2.45, 2.75) is 143 Å². The maximum absolute atomic E-state index is 11.3. The summed E-state index contributed by atoms with van der Waals surface area (Å²) in [5, 5.41) is 16.4. The van der Waals surface area contributed by atoms with Gasteiger partial charge in [-0.05, 0) is 131 Å². The molecule has 8 aromatic rings. The number of aromatic nitrogens is 4. The zero-order valence-corrected chi connectivity index (χ0v) is 43.5. The number of nitrogens with two attached hydrogens (primary N) is 1. The number of fused-ring (bicyclic) bond motifs is 3. The van der Waals surface area contributed by atoms with E-state index in [1.807, 2.05) is 36.4 Å². The van der Waals surface area contributed by atoms with E-state index >= 15 is 0 Å². The lowest BCUT2D eigenvalue weighted by Crippen LogP contribution is -2.17. The van der Waals surface area contributed by atoms with Crippen LogP contribution in [0.2, 0.25) is 0 Å². The molecule has 0 bridgehead atoms. The predicted molar refractivity (Wildman–Crippen MR) is 296 cm³/mol. The molecule has 8 nitrogen and oxygen atoms in total. The third kappa shape index (κ3) is 11.9. The van der Waals surface area contributed by atoms with E-state index in [9.17, 15) is 5.26 Å². The van der Waals surface area contributed by atoms with Crippen molar-refractivity contribution in [1.29, 1.82) is 5.26 Å². The van der Waals surface area contributed by atoms with Gasteiger partial charge < -0.3 is 25.2 Å². The molecule has 4 aromatic heterocycles. The third-order valence-corrected chi connectivity index (χ3v) is 13.8. The first-order valence-electron chi connectivity index (χ1n) is 26.2. The zero-order valence-electron chi connectivity index (χ0n) is 43.5. The fraction of sp³-hybridized carbons (Fsp3) is 0.381. The molecule has 0 fully saturated rings. The molecule has 0 saturated heterocycles. The summed E-state index contributed by atoms with van der Waals surface area (Å²) in [6.07, 6.45) is 14.5. The maximum atomic E-state index is 11.3. The Hall–Kier alpha value is -6.85. The van der Waals surface area contributed by atoms with Gasteiger partial charge in [-0.2, -0.15) is 5.26 Å². The van der Waals surface area contributed by atoms with E-state index in [4.69, 9.17) is 25.2 Å². The first kappa shape index (κ1) is 50.5. The minimum atomic E-state index is -0.0150. The van der Waals surface area contributed by atoms with Gasteiger partial charge in [-0.1, -0.05) is 144 Å². The Morgan fingerprint density at radius 2 is 0.944 bits per heavy atom. The van der Waals surface area contributed by atoms with Crippen LogP contribution in [0.3, 0.4) is 0 Å². The van der Waals surface area contributed by atoms with Gasteiger partial charge in [0.1, 0.15) is 23.1 Å². The molecule has 8 rings (SSSR count). The number of aromatic amines is 2. The molecular weight excluding hydrogens is 873 g/mol. The number of H-pyrrole nitrogens is 2. The summed E-state index contributed by atoms with van der Waals surface area (Å²) in [6, 6.07) is 40.1. The molecule has 0 unspecified atom stereocenters. The predicted octanol–water partition coefficient (Wildman–Crippen LogP) is 14.8. The molecule has 4 N–H and O–H groups in total. The lowest BCUT2D eigenvalue weighted by Gasteiger charge is -2.19.